The van der Waals surface area contributed by atoms with E-state index in [-0.39, 0.29) is 5.69 Å². The highest BCUT2D eigenvalue weighted by atomic mass is 35.5. The Morgan fingerprint density at radius 3 is 2.29 bits per heavy atom. The van der Waals surface area contributed by atoms with Gasteiger partial charge < -0.3 is 5.11 Å². The second-order valence-corrected chi connectivity index (χ2v) is 4.42. The Hall–Kier alpha value is -1.23. The molecule has 0 radical (unpaired) electrons. The lowest BCUT2D eigenvalue weighted by Crippen LogP contribution is -2.02. The molecule has 0 aliphatic rings. The van der Waals surface area contributed by atoms with E-state index >= 15 is 0 Å². The van der Waals surface area contributed by atoms with Gasteiger partial charge in [0.15, 0.2) is 5.69 Å². The van der Waals surface area contributed by atoms with Gasteiger partial charge in [0.2, 0.25) is 0 Å². The summed E-state index contributed by atoms with van der Waals surface area (Å²) in [6, 6.07) is 4.36. The molecular weight excluding hydrogens is 286 g/mol. The molecule has 7 heteroatoms. The van der Waals surface area contributed by atoms with Gasteiger partial charge in [0.25, 0.3) is 0 Å². The second kappa shape index (κ2) is 4.56. The van der Waals surface area contributed by atoms with Crippen LogP contribution in [0.2, 0.25) is 15.1 Å². The Morgan fingerprint density at radius 2 is 1.82 bits per heavy atom. The molecule has 0 unspecified atom stereocenters. The topological polar surface area (TPSA) is 55.1 Å². The van der Waals surface area contributed by atoms with Crippen LogP contribution in [0.25, 0.3) is 5.69 Å². The van der Waals surface area contributed by atoms with Gasteiger partial charge in [0.05, 0.1) is 10.0 Å². The molecule has 0 saturated carbocycles. The summed E-state index contributed by atoms with van der Waals surface area (Å²) in [7, 11) is 0. The Bertz CT molecular complexity index is 572. The van der Waals surface area contributed by atoms with Crippen LogP contribution in [0.1, 0.15) is 10.5 Å². The minimum absolute atomic E-state index is 0.0907. The van der Waals surface area contributed by atoms with Gasteiger partial charge in [0, 0.05) is 11.2 Å². The minimum atomic E-state index is -1.12. The molecule has 0 aliphatic carbocycles. The van der Waals surface area contributed by atoms with Crippen molar-refractivity contribution in [1.82, 2.24) is 9.78 Å². The zero-order valence-corrected chi connectivity index (χ0v) is 10.5. The third-order valence-electron chi connectivity index (χ3n) is 2.02. The molecule has 0 aliphatic heterocycles. The number of hydrogen-bond acceptors (Lipinski definition) is 2. The van der Waals surface area contributed by atoms with E-state index in [0.717, 1.165) is 0 Å². The highest BCUT2D eigenvalue weighted by Gasteiger charge is 2.13. The van der Waals surface area contributed by atoms with Gasteiger partial charge >= 0.3 is 5.97 Å². The first-order valence-electron chi connectivity index (χ1n) is 4.43. The Morgan fingerprint density at radius 1 is 1.24 bits per heavy atom. The van der Waals surface area contributed by atoms with Gasteiger partial charge in [-0.1, -0.05) is 34.8 Å². The van der Waals surface area contributed by atoms with E-state index in [4.69, 9.17) is 39.9 Å². The van der Waals surface area contributed by atoms with Crippen LogP contribution < -0.4 is 0 Å². The van der Waals surface area contributed by atoms with Gasteiger partial charge in [-0.2, -0.15) is 5.10 Å². The van der Waals surface area contributed by atoms with E-state index in [1.165, 1.54) is 29.1 Å². The Kier molecular flexibility index (Phi) is 3.28. The normalized spacial score (nSPS) is 10.5. The second-order valence-electron chi connectivity index (χ2n) is 3.17. The molecule has 1 N–H and O–H groups in total. The number of halogens is 3. The Balaban J connectivity index is 2.56. The Labute approximate surface area is 111 Å². The molecule has 2 rings (SSSR count). The number of nitrogens with zero attached hydrogens (tertiary/aromatic N) is 2. The SMILES string of the molecule is O=C(O)c1ccn(-c2c(Cl)cc(Cl)cc2Cl)n1. The monoisotopic (exact) mass is 290 g/mol. The summed E-state index contributed by atoms with van der Waals surface area (Å²) in [5.74, 6) is -1.12. The van der Waals surface area contributed by atoms with E-state index in [2.05, 4.69) is 5.10 Å². The summed E-state index contributed by atoms with van der Waals surface area (Å²) < 4.78 is 1.30. The zero-order chi connectivity index (χ0) is 12.6. The van der Waals surface area contributed by atoms with Gasteiger partial charge in [-0.25, -0.2) is 9.48 Å². The molecule has 0 spiro atoms. The van der Waals surface area contributed by atoms with E-state index in [0.29, 0.717) is 20.8 Å². The molecular formula is C10H5Cl3N2O2. The predicted molar refractivity (Wildman–Crippen MR) is 65.6 cm³/mol. The van der Waals surface area contributed by atoms with Gasteiger partial charge in [0.1, 0.15) is 5.69 Å². The highest BCUT2D eigenvalue weighted by molar-refractivity contribution is 6.40. The van der Waals surface area contributed by atoms with Gasteiger partial charge in [-0.05, 0) is 18.2 Å². The van der Waals surface area contributed by atoms with Crippen molar-refractivity contribution < 1.29 is 9.90 Å². The van der Waals surface area contributed by atoms with Crippen molar-refractivity contribution in [1.29, 1.82) is 0 Å². The van der Waals surface area contributed by atoms with E-state index in [1.54, 1.807) is 0 Å². The molecule has 0 atom stereocenters. The number of rotatable bonds is 2. The summed E-state index contributed by atoms with van der Waals surface area (Å²) >= 11 is 17.7. The average molecular weight is 292 g/mol. The molecule has 1 aromatic carbocycles. The third-order valence-corrected chi connectivity index (χ3v) is 2.81. The van der Waals surface area contributed by atoms with Crippen molar-refractivity contribution >= 4 is 40.8 Å². The fourth-order valence-corrected chi connectivity index (χ4v) is 2.31. The van der Waals surface area contributed by atoms with Crippen LogP contribution in [-0.4, -0.2) is 20.9 Å². The summed E-state index contributed by atoms with van der Waals surface area (Å²) in [6.07, 6.45) is 1.46. The smallest absolute Gasteiger partial charge is 0.356 e. The lowest BCUT2D eigenvalue weighted by atomic mass is 10.3. The van der Waals surface area contributed by atoms with Crippen molar-refractivity contribution in [2.45, 2.75) is 0 Å². The summed E-state index contributed by atoms with van der Waals surface area (Å²) in [6.45, 7) is 0. The average Bonchev–Trinajstić information content (AvgIpc) is 2.65. The van der Waals surface area contributed by atoms with E-state index in [9.17, 15) is 4.79 Å². The number of carboxylic acids is 1. The molecule has 88 valence electrons. The van der Waals surface area contributed by atoms with Crippen LogP contribution in [-0.2, 0) is 0 Å². The van der Waals surface area contributed by atoms with Crippen molar-refractivity contribution in [2.24, 2.45) is 0 Å². The van der Waals surface area contributed by atoms with Crippen molar-refractivity contribution in [3.8, 4) is 5.69 Å². The molecule has 0 bridgehead atoms. The lowest BCUT2D eigenvalue weighted by molar-refractivity contribution is 0.0690. The van der Waals surface area contributed by atoms with Crippen LogP contribution >= 0.6 is 34.8 Å². The molecule has 0 fully saturated rings. The van der Waals surface area contributed by atoms with Crippen LogP contribution in [0.3, 0.4) is 0 Å². The molecule has 4 nitrogen and oxygen atoms in total. The fourth-order valence-electron chi connectivity index (χ4n) is 1.32. The van der Waals surface area contributed by atoms with Gasteiger partial charge in [-0.15, -0.1) is 0 Å². The van der Waals surface area contributed by atoms with Crippen LogP contribution in [0, 0.1) is 0 Å². The molecule has 1 heterocycles. The zero-order valence-electron chi connectivity index (χ0n) is 8.19. The van der Waals surface area contributed by atoms with Crippen LogP contribution in [0.4, 0.5) is 0 Å². The largest absolute Gasteiger partial charge is 0.476 e. The first-order chi connectivity index (χ1) is 7.99. The number of hydrogen-bond donors (Lipinski definition) is 1. The van der Waals surface area contributed by atoms with Crippen molar-refractivity contribution in [2.75, 3.05) is 0 Å². The number of aromatic carboxylic acids is 1. The van der Waals surface area contributed by atoms with Crippen molar-refractivity contribution in [3.63, 3.8) is 0 Å². The summed E-state index contributed by atoms with van der Waals surface area (Å²) in [5, 5.41) is 13.6. The number of carboxylic acid groups (broad SMARTS) is 1. The summed E-state index contributed by atoms with van der Waals surface area (Å²) in [5.41, 5.74) is 0.303. The molecule has 2 aromatic rings. The quantitative estimate of drug-likeness (QED) is 0.921. The number of benzene rings is 1. The number of aromatic nitrogens is 2. The maximum Gasteiger partial charge on any atom is 0.356 e. The van der Waals surface area contributed by atoms with Crippen LogP contribution in [0.5, 0.6) is 0 Å². The lowest BCUT2D eigenvalue weighted by Gasteiger charge is -2.07. The summed E-state index contributed by atoms with van der Waals surface area (Å²) in [4.78, 5) is 10.7. The molecule has 0 amide bonds. The predicted octanol–water partition coefficient (Wildman–Crippen LogP) is 3.53. The highest BCUT2D eigenvalue weighted by Crippen LogP contribution is 2.31. The molecule has 17 heavy (non-hydrogen) atoms. The minimum Gasteiger partial charge on any atom is -0.476 e. The first-order valence-corrected chi connectivity index (χ1v) is 5.56. The standard InChI is InChI=1S/C10H5Cl3N2O2/c11-5-3-6(12)9(7(13)4-5)15-2-1-8(14-15)10(16)17/h1-4H,(H,16,17). The van der Waals surface area contributed by atoms with Crippen LogP contribution in [0.15, 0.2) is 24.4 Å². The van der Waals surface area contributed by atoms with E-state index in [1.807, 2.05) is 0 Å². The number of carbonyl (C=O) groups is 1. The maximum atomic E-state index is 10.7. The maximum absolute atomic E-state index is 10.7. The third kappa shape index (κ3) is 2.39. The first kappa shape index (κ1) is 12.2. The van der Waals surface area contributed by atoms with Crippen molar-refractivity contribution in [3.05, 3.63) is 45.2 Å². The van der Waals surface area contributed by atoms with E-state index < -0.39 is 5.97 Å². The molecule has 0 saturated heterocycles. The van der Waals surface area contributed by atoms with Gasteiger partial charge in [-0.3, -0.25) is 0 Å². The molecule has 1 aromatic heterocycles. The fraction of sp³-hybridized carbons (Fsp3) is 0.